The Bertz CT molecular complexity index is 1160. The molecule has 1 aromatic heterocycles. The smallest absolute Gasteiger partial charge is 0.257 e. The third-order valence-electron chi connectivity index (χ3n) is 5.21. The molecule has 0 atom stereocenters. The van der Waals surface area contributed by atoms with Gasteiger partial charge in [0.2, 0.25) is 0 Å². The van der Waals surface area contributed by atoms with E-state index < -0.39 is 11.2 Å². The molecular weight excluding hydrogens is 377 g/mol. The fraction of sp³-hybridized carbons (Fsp3) is 0.174. The summed E-state index contributed by atoms with van der Waals surface area (Å²) in [6.45, 7) is 0. The summed E-state index contributed by atoms with van der Waals surface area (Å²) < 4.78 is 16.9. The number of aromatic hydroxyl groups is 1. The van der Waals surface area contributed by atoms with Crippen LogP contribution in [-0.2, 0) is 13.5 Å². The number of fused-ring (bicyclic) bond motifs is 1. The topological polar surface area (TPSA) is 42.2 Å². The maximum Gasteiger partial charge on any atom is 0.257 e. The molecule has 0 saturated heterocycles. The van der Waals surface area contributed by atoms with Crippen molar-refractivity contribution in [1.82, 2.24) is 4.57 Å². The Kier molecular flexibility index (Phi) is 4.60. The van der Waals surface area contributed by atoms with Crippen molar-refractivity contribution < 1.29 is 9.50 Å². The normalized spacial score (nSPS) is 21.3. The zero-order valence-electron chi connectivity index (χ0n) is 15.3. The summed E-state index contributed by atoms with van der Waals surface area (Å²) in [6.07, 6.45) is 6.19. The van der Waals surface area contributed by atoms with E-state index in [0.29, 0.717) is 15.9 Å². The summed E-state index contributed by atoms with van der Waals surface area (Å²) in [5.41, 5.74) is -0.601. The molecule has 0 bridgehead atoms. The predicted octanol–water partition coefficient (Wildman–Crippen LogP) is 5.06. The van der Waals surface area contributed by atoms with Crippen LogP contribution >= 0.6 is 11.6 Å². The number of halogens is 2. The Morgan fingerprint density at radius 2 is 1.86 bits per heavy atom. The van der Waals surface area contributed by atoms with Crippen LogP contribution in [0, 0.1) is 0 Å². The van der Waals surface area contributed by atoms with Crippen molar-refractivity contribution in [2.45, 2.75) is 18.0 Å². The van der Waals surface area contributed by atoms with Crippen LogP contribution in [0.15, 0.2) is 77.6 Å². The van der Waals surface area contributed by atoms with Crippen LogP contribution in [0.1, 0.15) is 17.0 Å². The second kappa shape index (κ2) is 6.95. The minimum atomic E-state index is -1.85. The standard InChI is InChI=1S/C23H19ClFNO2/c1-26-20-8-3-2-7-18(20)21(27)19(22(26)28)14-23(25)11-9-15(10-12-23)16-5-4-6-17(24)13-16/h2-13,15,27H,14H2,1H3. The molecule has 1 N–H and O–H groups in total. The van der Waals surface area contributed by atoms with Gasteiger partial charge in [0.15, 0.2) is 5.67 Å². The summed E-state index contributed by atoms with van der Waals surface area (Å²) in [7, 11) is 1.63. The van der Waals surface area contributed by atoms with Gasteiger partial charge in [0.05, 0.1) is 11.1 Å². The number of para-hydroxylation sites is 1. The van der Waals surface area contributed by atoms with Crippen molar-refractivity contribution in [2.24, 2.45) is 7.05 Å². The highest BCUT2D eigenvalue weighted by molar-refractivity contribution is 6.30. The van der Waals surface area contributed by atoms with Gasteiger partial charge in [-0.1, -0.05) is 48.0 Å². The number of alkyl halides is 1. The molecule has 3 nitrogen and oxygen atoms in total. The monoisotopic (exact) mass is 395 g/mol. The molecule has 0 aliphatic heterocycles. The molecule has 0 radical (unpaired) electrons. The molecule has 28 heavy (non-hydrogen) atoms. The first kappa shape index (κ1) is 18.5. The first-order chi connectivity index (χ1) is 13.4. The number of allylic oxidation sites excluding steroid dienone is 4. The summed E-state index contributed by atoms with van der Waals surface area (Å²) in [6, 6.07) is 14.5. The molecular formula is C23H19ClFNO2. The molecule has 5 heteroatoms. The van der Waals surface area contributed by atoms with Crippen LogP contribution in [-0.4, -0.2) is 15.3 Å². The SMILES string of the molecule is Cn1c(=O)c(CC2(F)C=CC(c3cccc(Cl)c3)C=C2)c(O)c2ccccc21. The quantitative estimate of drug-likeness (QED) is 0.630. The Hall–Kier alpha value is -2.85. The highest BCUT2D eigenvalue weighted by Gasteiger charge is 2.30. The largest absolute Gasteiger partial charge is 0.507 e. The number of hydrogen-bond acceptors (Lipinski definition) is 2. The lowest BCUT2D eigenvalue weighted by molar-refractivity contribution is 0.289. The fourth-order valence-corrected chi connectivity index (χ4v) is 3.87. The number of benzene rings is 2. The van der Waals surface area contributed by atoms with Crippen LogP contribution < -0.4 is 5.56 Å². The van der Waals surface area contributed by atoms with Crippen molar-refractivity contribution in [2.75, 3.05) is 0 Å². The van der Waals surface area contributed by atoms with E-state index in [0.717, 1.165) is 5.56 Å². The van der Waals surface area contributed by atoms with E-state index in [1.54, 1.807) is 49.5 Å². The zero-order chi connectivity index (χ0) is 19.9. The maximum absolute atomic E-state index is 15.5. The average molecular weight is 396 g/mol. The van der Waals surface area contributed by atoms with E-state index in [4.69, 9.17) is 11.6 Å². The van der Waals surface area contributed by atoms with Gasteiger partial charge in [-0.25, -0.2) is 4.39 Å². The van der Waals surface area contributed by atoms with E-state index in [2.05, 4.69) is 0 Å². The van der Waals surface area contributed by atoms with Gasteiger partial charge in [-0.15, -0.1) is 0 Å². The summed E-state index contributed by atoms with van der Waals surface area (Å²) in [5, 5.41) is 11.8. The number of aromatic nitrogens is 1. The van der Waals surface area contributed by atoms with Crippen molar-refractivity contribution in [3.05, 3.63) is 99.3 Å². The Labute approximate surface area is 167 Å². The van der Waals surface area contributed by atoms with Gasteiger partial charge in [-0.2, -0.15) is 0 Å². The van der Waals surface area contributed by atoms with E-state index in [-0.39, 0.29) is 23.7 Å². The zero-order valence-corrected chi connectivity index (χ0v) is 16.0. The minimum Gasteiger partial charge on any atom is -0.507 e. The Morgan fingerprint density at radius 1 is 1.14 bits per heavy atom. The Morgan fingerprint density at radius 3 is 2.57 bits per heavy atom. The third kappa shape index (κ3) is 3.25. The average Bonchev–Trinajstić information content (AvgIpc) is 2.70. The summed E-state index contributed by atoms with van der Waals surface area (Å²) in [4.78, 5) is 12.7. The number of rotatable bonds is 3. The highest BCUT2D eigenvalue weighted by atomic mass is 35.5. The van der Waals surface area contributed by atoms with Gasteiger partial charge in [0, 0.05) is 29.8 Å². The molecule has 0 unspecified atom stereocenters. The minimum absolute atomic E-state index is 0.0687. The molecule has 0 amide bonds. The predicted molar refractivity (Wildman–Crippen MR) is 111 cm³/mol. The van der Waals surface area contributed by atoms with Crippen LogP contribution in [0.2, 0.25) is 5.02 Å². The van der Waals surface area contributed by atoms with Crippen LogP contribution in [0.5, 0.6) is 5.75 Å². The molecule has 3 aromatic rings. The molecule has 0 spiro atoms. The highest BCUT2D eigenvalue weighted by Crippen LogP contribution is 2.34. The first-order valence-corrected chi connectivity index (χ1v) is 9.38. The molecule has 1 aliphatic carbocycles. The summed E-state index contributed by atoms with van der Waals surface area (Å²) >= 11 is 6.04. The van der Waals surface area contributed by atoms with Gasteiger partial charge < -0.3 is 9.67 Å². The molecule has 1 aliphatic rings. The second-order valence-corrected chi connectivity index (χ2v) is 7.55. The fourth-order valence-electron chi connectivity index (χ4n) is 3.67. The van der Waals surface area contributed by atoms with Crippen LogP contribution in [0.25, 0.3) is 10.9 Å². The van der Waals surface area contributed by atoms with Gasteiger partial charge in [-0.3, -0.25) is 4.79 Å². The lowest BCUT2D eigenvalue weighted by Crippen LogP contribution is -2.30. The molecule has 2 aromatic carbocycles. The van der Waals surface area contributed by atoms with Crippen LogP contribution in [0.4, 0.5) is 4.39 Å². The van der Waals surface area contributed by atoms with Gasteiger partial charge in [0.25, 0.3) is 5.56 Å². The number of pyridine rings is 1. The van der Waals surface area contributed by atoms with E-state index in [9.17, 15) is 9.90 Å². The van der Waals surface area contributed by atoms with Gasteiger partial charge in [0.1, 0.15) is 5.75 Å². The van der Waals surface area contributed by atoms with Crippen molar-refractivity contribution in [1.29, 1.82) is 0 Å². The van der Waals surface area contributed by atoms with Crippen molar-refractivity contribution in [3.8, 4) is 5.75 Å². The lowest BCUT2D eigenvalue weighted by atomic mass is 9.86. The van der Waals surface area contributed by atoms with E-state index in [1.807, 2.05) is 18.2 Å². The van der Waals surface area contributed by atoms with Gasteiger partial charge >= 0.3 is 0 Å². The summed E-state index contributed by atoms with van der Waals surface area (Å²) in [5.74, 6) is -0.245. The number of aryl methyl sites for hydroxylation is 1. The lowest BCUT2D eigenvalue weighted by Gasteiger charge is -2.24. The molecule has 1 heterocycles. The molecule has 142 valence electrons. The third-order valence-corrected chi connectivity index (χ3v) is 5.45. The maximum atomic E-state index is 15.5. The second-order valence-electron chi connectivity index (χ2n) is 7.11. The first-order valence-electron chi connectivity index (χ1n) is 9.01. The number of nitrogens with zero attached hydrogens (tertiary/aromatic N) is 1. The van der Waals surface area contributed by atoms with Crippen molar-refractivity contribution >= 4 is 22.5 Å². The Balaban J connectivity index is 1.68. The van der Waals surface area contributed by atoms with Crippen LogP contribution in [0.3, 0.4) is 0 Å². The number of hydrogen-bond donors (Lipinski definition) is 1. The van der Waals surface area contributed by atoms with E-state index >= 15 is 4.39 Å². The van der Waals surface area contributed by atoms with Crippen molar-refractivity contribution in [3.63, 3.8) is 0 Å². The molecule has 0 fully saturated rings. The molecule has 4 rings (SSSR count). The molecule has 0 saturated carbocycles. The van der Waals surface area contributed by atoms with Gasteiger partial charge in [-0.05, 0) is 42.0 Å². The van der Waals surface area contributed by atoms with E-state index in [1.165, 1.54) is 16.7 Å².